The van der Waals surface area contributed by atoms with Gasteiger partial charge in [0.05, 0.1) is 12.2 Å². The van der Waals surface area contributed by atoms with Gasteiger partial charge in [0.2, 0.25) is 0 Å². The zero-order chi connectivity index (χ0) is 17.2. The molecule has 0 saturated carbocycles. The summed E-state index contributed by atoms with van der Waals surface area (Å²) in [6.07, 6.45) is 9.69. The number of hydrogen-bond acceptors (Lipinski definition) is 2. The Balaban J connectivity index is 5.37. The Labute approximate surface area is 139 Å². The van der Waals surface area contributed by atoms with Crippen LogP contribution in [0.4, 0.5) is 0 Å². The van der Waals surface area contributed by atoms with Gasteiger partial charge in [0.25, 0.3) is 0 Å². The van der Waals surface area contributed by atoms with Gasteiger partial charge >= 0.3 is 0 Å². The van der Waals surface area contributed by atoms with Gasteiger partial charge in [-0.05, 0) is 24.7 Å². The summed E-state index contributed by atoms with van der Waals surface area (Å²) >= 11 is 0. The smallest absolute Gasteiger partial charge is 0.0669 e. The molecular formula is C20H42O2. The molecule has 2 N–H and O–H groups in total. The summed E-state index contributed by atoms with van der Waals surface area (Å²) in [6.45, 7) is 12.9. The highest BCUT2D eigenvalue weighted by Gasteiger charge is 2.47. The molecule has 2 heteroatoms. The first-order valence-electron chi connectivity index (χ1n) is 9.62. The summed E-state index contributed by atoms with van der Waals surface area (Å²) in [5, 5.41) is 22.1. The summed E-state index contributed by atoms with van der Waals surface area (Å²) in [7, 11) is 0. The van der Waals surface area contributed by atoms with Crippen molar-refractivity contribution in [3.8, 4) is 0 Å². The van der Waals surface area contributed by atoms with E-state index in [0.29, 0.717) is 0 Å². The number of aliphatic hydroxyl groups excluding tert-OH is 2. The van der Waals surface area contributed by atoms with E-state index in [4.69, 9.17) is 0 Å². The van der Waals surface area contributed by atoms with E-state index >= 15 is 0 Å². The number of hydrogen-bond donors (Lipinski definition) is 2. The van der Waals surface area contributed by atoms with Gasteiger partial charge in [-0.25, -0.2) is 0 Å². The first kappa shape index (κ1) is 21.9. The molecule has 134 valence electrons. The van der Waals surface area contributed by atoms with Crippen molar-refractivity contribution >= 4 is 0 Å². The maximum atomic E-state index is 11.1. The Bertz CT molecular complexity index is 269. The highest BCUT2D eigenvalue weighted by molar-refractivity contribution is 4.97. The average Bonchev–Trinajstić information content (AvgIpc) is 2.47. The molecule has 2 nitrogen and oxygen atoms in total. The van der Waals surface area contributed by atoms with Crippen LogP contribution in [-0.4, -0.2) is 22.4 Å². The van der Waals surface area contributed by atoms with Crippen LogP contribution in [0, 0.1) is 10.8 Å². The third-order valence-corrected chi connectivity index (χ3v) is 5.10. The second-order valence-corrected chi connectivity index (χ2v) is 8.22. The molecule has 0 radical (unpaired) electrons. The highest BCUT2D eigenvalue weighted by Crippen LogP contribution is 2.46. The number of aliphatic hydroxyl groups is 2. The molecule has 0 aliphatic carbocycles. The van der Waals surface area contributed by atoms with Crippen LogP contribution in [0.15, 0.2) is 0 Å². The van der Waals surface area contributed by atoms with E-state index < -0.39 is 6.10 Å². The number of unbranched alkanes of at least 4 members (excludes halogenated alkanes) is 4. The van der Waals surface area contributed by atoms with Gasteiger partial charge in [-0.3, -0.25) is 0 Å². The summed E-state index contributed by atoms with van der Waals surface area (Å²) in [6, 6.07) is 0. The minimum absolute atomic E-state index is 0.187. The quantitative estimate of drug-likeness (QED) is 0.453. The Morgan fingerprint density at radius 1 is 0.727 bits per heavy atom. The molecule has 0 rings (SSSR count). The minimum atomic E-state index is -0.449. The van der Waals surface area contributed by atoms with Crippen LogP contribution in [0.3, 0.4) is 0 Å². The van der Waals surface area contributed by atoms with Crippen molar-refractivity contribution in [1.29, 1.82) is 0 Å². The van der Waals surface area contributed by atoms with E-state index in [-0.39, 0.29) is 16.9 Å². The van der Waals surface area contributed by atoms with Crippen molar-refractivity contribution in [1.82, 2.24) is 0 Å². The van der Waals surface area contributed by atoms with Gasteiger partial charge in [-0.15, -0.1) is 0 Å². The molecule has 22 heavy (non-hydrogen) atoms. The van der Waals surface area contributed by atoms with Crippen LogP contribution >= 0.6 is 0 Å². The average molecular weight is 315 g/mol. The Kier molecular flexibility index (Phi) is 10.6. The van der Waals surface area contributed by atoms with Crippen molar-refractivity contribution in [3.63, 3.8) is 0 Å². The van der Waals surface area contributed by atoms with Crippen LogP contribution in [0.25, 0.3) is 0 Å². The predicted molar refractivity (Wildman–Crippen MR) is 97.1 cm³/mol. The molecule has 3 atom stereocenters. The second kappa shape index (κ2) is 10.6. The van der Waals surface area contributed by atoms with E-state index in [9.17, 15) is 10.2 Å². The fourth-order valence-corrected chi connectivity index (χ4v) is 3.67. The maximum absolute atomic E-state index is 11.1. The summed E-state index contributed by atoms with van der Waals surface area (Å²) in [4.78, 5) is 0. The fourth-order valence-electron chi connectivity index (χ4n) is 3.67. The van der Waals surface area contributed by atoms with E-state index in [1.165, 1.54) is 12.8 Å². The minimum Gasteiger partial charge on any atom is -0.392 e. The molecule has 0 aliphatic rings. The normalized spacial score (nSPS) is 18.0. The topological polar surface area (TPSA) is 40.5 Å². The Morgan fingerprint density at radius 2 is 1.23 bits per heavy atom. The molecule has 0 aromatic rings. The molecule has 0 aromatic heterocycles. The monoisotopic (exact) mass is 314 g/mol. The molecule has 0 saturated heterocycles. The van der Waals surface area contributed by atoms with Crippen molar-refractivity contribution in [3.05, 3.63) is 0 Å². The van der Waals surface area contributed by atoms with Crippen molar-refractivity contribution in [2.45, 2.75) is 118 Å². The third kappa shape index (κ3) is 6.58. The van der Waals surface area contributed by atoms with E-state index in [1.807, 2.05) is 0 Å². The van der Waals surface area contributed by atoms with Gasteiger partial charge < -0.3 is 10.2 Å². The van der Waals surface area contributed by atoms with E-state index in [1.54, 1.807) is 0 Å². The van der Waals surface area contributed by atoms with Gasteiger partial charge in [0, 0.05) is 5.41 Å². The Hall–Kier alpha value is -0.0800. The molecular weight excluding hydrogens is 272 g/mol. The lowest BCUT2D eigenvalue weighted by molar-refractivity contribution is -0.128. The van der Waals surface area contributed by atoms with E-state index in [0.717, 1.165) is 51.4 Å². The maximum Gasteiger partial charge on any atom is 0.0669 e. The Morgan fingerprint density at radius 3 is 1.68 bits per heavy atom. The van der Waals surface area contributed by atoms with Crippen LogP contribution in [0.5, 0.6) is 0 Å². The zero-order valence-electron chi connectivity index (χ0n) is 16.1. The molecule has 3 unspecified atom stereocenters. The molecule has 0 bridgehead atoms. The van der Waals surface area contributed by atoms with Crippen molar-refractivity contribution in [2.24, 2.45) is 10.8 Å². The van der Waals surface area contributed by atoms with Crippen LogP contribution in [-0.2, 0) is 0 Å². The van der Waals surface area contributed by atoms with Crippen LogP contribution in [0.1, 0.15) is 106 Å². The van der Waals surface area contributed by atoms with Crippen LogP contribution < -0.4 is 0 Å². The van der Waals surface area contributed by atoms with Gasteiger partial charge in [-0.2, -0.15) is 0 Å². The highest BCUT2D eigenvalue weighted by atomic mass is 16.3. The summed E-state index contributed by atoms with van der Waals surface area (Å²) < 4.78 is 0. The fraction of sp³-hybridized carbons (Fsp3) is 1.00. The lowest BCUT2D eigenvalue weighted by Crippen LogP contribution is -2.51. The molecule has 0 amide bonds. The van der Waals surface area contributed by atoms with Gasteiger partial charge in [0.1, 0.15) is 0 Å². The van der Waals surface area contributed by atoms with E-state index in [2.05, 4.69) is 41.5 Å². The lowest BCUT2D eigenvalue weighted by Gasteiger charge is -2.47. The predicted octanol–water partition coefficient (Wildman–Crippen LogP) is 5.70. The lowest BCUT2D eigenvalue weighted by atomic mass is 9.62. The second-order valence-electron chi connectivity index (χ2n) is 8.22. The first-order chi connectivity index (χ1) is 10.3. The summed E-state index contributed by atoms with van der Waals surface area (Å²) in [5.74, 6) is 0. The van der Waals surface area contributed by atoms with Gasteiger partial charge in [0.15, 0.2) is 0 Å². The summed E-state index contributed by atoms with van der Waals surface area (Å²) in [5.41, 5.74) is -0.522. The molecule has 0 aromatic carbocycles. The molecule has 0 spiro atoms. The number of rotatable bonds is 12. The van der Waals surface area contributed by atoms with Crippen LogP contribution in [0.2, 0.25) is 0 Å². The standard InChI is InChI=1S/C20H42O2/c1-7-10-13-16-20(15-12-9-3,17(21)14-11-8-2)18(22)19(4,5)6/h17-18,21-22H,7-16H2,1-6H3. The molecule has 0 fully saturated rings. The molecule has 0 aliphatic heterocycles. The largest absolute Gasteiger partial charge is 0.392 e. The van der Waals surface area contributed by atoms with Crippen molar-refractivity contribution in [2.75, 3.05) is 0 Å². The zero-order valence-corrected chi connectivity index (χ0v) is 16.1. The van der Waals surface area contributed by atoms with Crippen molar-refractivity contribution < 1.29 is 10.2 Å². The SMILES string of the molecule is CCCCCC(CCCC)(C(O)CCCC)C(O)C(C)(C)C. The van der Waals surface area contributed by atoms with Gasteiger partial charge in [-0.1, -0.05) is 86.5 Å². The third-order valence-electron chi connectivity index (χ3n) is 5.10. The molecule has 0 heterocycles. The first-order valence-corrected chi connectivity index (χ1v) is 9.62.